The van der Waals surface area contributed by atoms with Crippen molar-refractivity contribution in [1.29, 1.82) is 0 Å². The van der Waals surface area contributed by atoms with Crippen molar-refractivity contribution < 1.29 is 38.0 Å². The molecular weight excluding hydrogens is 668 g/mol. The topological polar surface area (TPSA) is 89.5 Å². The van der Waals surface area contributed by atoms with Crippen molar-refractivity contribution in [3.63, 3.8) is 0 Å². The third-order valence-corrected chi connectivity index (χ3v) is 7.94. The van der Waals surface area contributed by atoms with Crippen molar-refractivity contribution >= 4 is 11.9 Å². The van der Waals surface area contributed by atoms with Gasteiger partial charge in [0.2, 0.25) is 0 Å². The summed E-state index contributed by atoms with van der Waals surface area (Å²) >= 11 is 0. The number of allylic oxidation sites excluding steroid dienone is 2. The van der Waals surface area contributed by atoms with Crippen LogP contribution in [0.1, 0.15) is 36.1 Å². The highest BCUT2D eigenvalue weighted by atomic mass is 16.6. The molecule has 0 saturated heterocycles. The highest BCUT2D eigenvalue weighted by molar-refractivity contribution is 5.73. The van der Waals surface area contributed by atoms with Gasteiger partial charge < -0.3 is 28.4 Å². The second kappa shape index (κ2) is 20.7. The van der Waals surface area contributed by atoms with Gasteiger partial charge in [0.15, 0.2) is 12.2 Å². The Kier molecular flexibility index (Phi) is 15.6. The van der Waals surface area contributed by atoms with E-state index >= 15 is 0 Å². The van der Waals surface area contributed by atoms with Crippen LogP contribution in [0.15, 0.2) is 158 Å². The van der Waals surface area contributed by atoms with Crippen molar-refractivity contribution in [2.75, 3.05) is 26.4 Å². The van der Waals surface area contributed by atoms with Gasteiger partial charge in [-0.1, -0.05) is 111 Å². The van der Waals surface area contributed by atoms with Crippen LogP contribution in [0.5, 0.6) is 11.5 Å². The summed E-state index contributed by atoms with van der Waals surface area (Å²) in [6.45, 7) is 19.4. The lowest BCUT2D eigenvalue weighted by atomic mass is 10.0. The number of carbonyl (C=O) groups is 2. The Labute approximate surface area is 313 Å². The molecule has 53 heavy (non-hydrogen) atoms. The molecular formula is C45H48O8. The molecule has 4 rings (SSSR count). The van der Waals surface area contributed by atoms with Gasteiger partial charge in [-0.15, -0.1) is 0 Å². The fourth-order valence-electron chi connectivity index (χ4n) is 4.85. The first-order chi connectivity index (χ1) is 25.5. The van der Waals surface area contributed by atoms with Crippen LogP contribution in [0, 0.1) is 0 Å². The summed E-state index contributed by atoms with van der Waals surface area (Å²) in [7, 11) is 0. The summed E-state index contributed by atoms with van der Waals surface area (Å²) in [5, 5.41) is 0. The Morgan fingerprint density at radius 2 is 0.830 bits per heavy atom. The van der Waals surface area contributed by atoms with E-state index in [0.717, 1.165) is 22.3 Å². The molecule has 4 aromatic rings. The number of benzene rings is 4. The maximum Gasteiger partial charge on any atom is 0.310 e. The number of rotatable bonds is 22. The molecule has 0 aliphatic heterocycles. The predicted octanol–water partition coefficient (Wildman–Crippen LogP) is 8.56. The van der Waals surface area contributed by atoms with Gasteiger partial charge >= 0.3 is 11.9 Å². The molecule has 0 spiro atoms. The average molecular weight is 717 g/mol. The van der Waals surface area contributed by atoms with E-state index in [1.54, 1.807) is 13.8 Å². The molecule has 0 amide bonds. The van der Waals surface area contributed by atoms with E-state index in [4.69, 9.17) is 28.4 Å². The largest absolute Gasteiger partial charge is 0.490 e. The second-order valence-corrected chi connectivity index (χ2v) is 12.7. The molecule has 8 heteroatoms. The van der Waals surface area contributed by atoms with Crippen molar-refractivity contribution in [2.45, 2.75) is 45.3 Å². The van der Waals surface area contributed by atoms with E-state index in [1.807, 2.05) is 109 Å². The summed E-state index contributed by atoms with van der Waals surface area (Å²) in [5.41, 5.74) is 5.19. The number of esters is 2. The minimum absolute atomic E-state index is 0.0920. The van der Waals surface area contributed by atoms with E-state index in [9.17, 15) is 9.59 Å². The fraction of sp³-hybridized carbons (Fsp3) is 0.244. The quantitative estimate of drug-likeness (QED) is 0.0454. The van der Waals surface area contributed by atoms with E-state index in [2.05, 4.69) is 26.3 Å². The fourth-order valence-corrected chi connectivity index (χ4v) is 4.85. The van der Waals surface area contributed by atoms with Crippen LogP contribution in [0.25, 0.3) is 0 Å². The summed E-state index contributed by atoms with van der Waals surface area (Å²) in [5.74, 6) is 1.42. The van der Waals surface area contributed by atoms with Gasteiger partial charge in [0.05, 0.1) is 12.8 Å². The first-order valence-electron chi connectivity index (χ1n) is 17.4. The van der Waals surface area contributed by atoms with Gasteiger partial charge in [-0.2, -0.15) is 0 Å². The molecule has 0 heterocycles. The molecule has 4 aromatic carbocycles. The lowest BCUT2D eigenvalue weighted by Crippen LogP contribution is -2.30. The first-order valence-corrected chi connectivity index (χ1v) is 17.4. The zero-order valence-electron chi connectivity index (χ0n) is 30.6. The summed E-state index contributed by atoms with van der Waals surface area (Å²) in [6.07, 6.45) is -0.399. The van der Waals surface area contributed by atoms with Crippen LogP contribution in [0.3, 0.4) is 0 Å². The summed E-state index contributed by atoms with van der Waals surface area (Å²) in [4.78, 5) is 25.8. The summed E-state index contributed by atoms with van der Waals surface area (Å²) < 4.78 is 34.5. The molecule has 0 saturated carbocycles. The molecule has 8 nitrogen and oxygen atoms in total. The average Bonchev–Trinajstić information content (AvgIpc) is 3.15. The van der Waals surface area contributed by atoms with E-state index in [-0.39, 0.29) is 39.3 Å². The molecule has 0 bridgehead atoms. The second-order valence-electron chi connectivity index (χ2n) is 12.7. The highest BCUT2D eigenvalue weighted by Crippen LogP contribution is 2.17. The predicted molar refractivity (Wildman–Crippen MR) is 207 cm³/mol. The smallest absolute Gasteiger partial charge is 0.310 e. The SMILES string of the molecule is C=C(C)C(=C)OCC(COc1ccccc1)OC(=O)Cc1ccc(Cc2ccc(CC(=O)OC(COC(=C)C(=C)C)COc3ccccc3)cc2)cc1. The van der Waals surface area contributed by atoms with Gasteiger partial charge in [-0.05, 0) is 77.9 Å². The number of ether oxygens (including phenoxy) is 6. The number of hydrogen-bond acceptors (Lipinski definition) is 8. The Morgan fingerprint density at radius 3 is 1.17 bits per heavy atom. The van der Waals surface area contributed by atoms with Gasteiger partial charge in [0.25, 0.3) is 0 Å². The highest BCUT2D eigenvalue weighted by Gasteiger charge is 2.19. The number of para-hydroxylation sites is 2. The Morgan fingerprint density at radius 1 is 0.491 bits per heavy atom. The van der Waals surface area contributed by atoms with Crippen molar-refractivity contribution in [2.24, 2.45) is 0 Å². The molecule has 0 aliphatic rings. The maximum atomic E-state index is 12.9. The zero-order valence-corrected chi connectivity index (χ0v) is 30.6. The zero-order chi connectivity index (χ0) is 38.0. The van der Waals surface area contributed by atoms with Crippen LogP contribution in [0.4, 0.5) is 0 Å². The molecule has 0 radical (unpaired) electrons. The van der Waals surface area contributed by atoms with E-state index < -0.39 is 24.1 Å². The lowest BCUT2D eigenvalue weighted by Gasteiger charge is -2.20. The molecule has 2 unspecified atom stereocenters. The molecule has 0 N–H and O–H groups in total. The van der Waals surface area contributed by atoms with Crippen LogP contribution in [0.2, 0.25) is 0 Å². The normalized spacial score (nSPS) is 11.7. The molecule has 0 aromatic heterocycles. The third kappa shape index (κ3) is 14.6. The molecule has 0 fully saturated rings. The minimum atomic E-state index is -0.640. The van der Waals surface area contributed by atoms with Gasteiger partial charge in [0.1, 0.15) is 49.4 Å². The Balaban J connectivity index is 1.26. The van der Waals surface area contributed by atoms with E-state index in [1.165, 1.54) is 0 Å². The van der Waals surface area contributed by atoms with Gasteiger partial charge in [-0.3, -0.25) is 9.59 Å². The van der Waals surface area contributed by atoms with Crippen molar-refractivity contribution in [3.05, 3.63) is 180 Å². The monoisotopic (exact) mass is 716 g/mol. The van der Waals surface area contributed by atoms with Gasteiger partial charge in [-0.25, -0.2) is 0 Å². The Hall–Kier alpha value is -6.02. The van der Waals surface area contributed by atoms with E-state index in [0.29, 0.717) is 40.6 Å². The number of carbonyl (C=O) groups excluding carboxylic acids is 2. The Bertz CT molecular complexity index is 1680. The molecule has 0 aliphatic carbocycles. The summed E-state index contributed by atoms with van der Waals surface area (Å²) in [6, 6.07) is 34.3. The van der Waals surface area contributed by atoms with Crippen molar-refractivity contribution in [1.82, 2.24) is 0 Å². The van der Waals surface area contributed by atoms with Crippen LogP contribution in [-0.2, 0) is 47.8 Å². The number of hydrogen-bond donors (Lipinski definition) is 0. The van der Waals surface area contributed by atoms with Crippen molar-refractivity contribution in [3.8, 4) is 11.5 Å². The van der Waals surface area contributed by atoms with Crippen LogP contribution >= 0.6 is 0 Å². The van der Waals surface area contributed by atoms with Crippen LogP contribution < -0.4 is 9.47 Å². The minimum Gasteiger partial charge on any atom is -0.490 e. The molecule has 2 atom stereocenters. The first kappa shape index (κ1) is 39.8. The van der Waals surface area contributed by atoms with Gasteiger partial charge in [0, 0.05) is 0 Å². The maximum absolute atomic E-state index is 12.9. The lowest BCUT2D eigenvalue weighted by molar-refractivity contribution is -0.153. The standard InChI is InChI=1S/C45H48O8/c1-32(2)34(5)48-28-42(30-50-40-13-9-7-10-14-40)52-44(46)26-38-21-17-36(18-22-38)25-37-19-23-39(24-20-37)27-45(47)53-43(29-49-35(6)33(3)4)31-51-41-15-11-8-12-16-41/h7-24,42-43H,1,3,5-6,25-31H2,2,4H3. The molecule has 276 valence electrons. The third-order valence-electron chi connectivity index (χ3n) is 7.94. The van der Waals surface area contributed by atoms with Crippen LogP contribution in [-0.4, -0.2) is 50.6 Å².